The van der Waals surface area contributed by atoms with Gasteiger partial charge >= 0.3 is 6.09 Å². The lowest BCUT2D eigenvalue weighted by molar-refractivity contribution is -0.121. The smallest absolute Gasteiger partial charge is 0.408 e. The van der Waals surface area contributed by atoms with Gasteiger partial charge < -0.3 is 19.9 Å². The van der Waals surface area contributed by atoms with E-state index in [2.05, 4.69) is 5.32 Å². The van der Waals surface area contributed by atoms with Crippen LogP contribution in [0.15, 0.2) is 30.3 Å². The summed E-state index contributed by atoms with van der Waals surface area (Å²) >= 11 is 0. The Hall–Kier alpha value is -3.20. The van der Waals surface area contributed by atoms with E-state index in [0.29, 0.717) is 24.3 Å². The van der Waals surface area contributed by atoms with Crippen molar-refractivity contribution >= 4 is 17.7 Å². The summed E-state index contributed by atoms with van der Waals surface area (Å²) in [4.78, 5) is 25.9. The standard InChI is InChI=1S/C24H28F2N2O5/c1-5-33-13-24(2,3)20-18(25)11-15(12-19(20)26)27-22(29)21-17-7-6-16(32-4)10-14(17)8-9-28(21)23(30)31/h6-7,10-12,21H,5,8-9,13H2,1-4H3,(H,27,29)(H,30,31). The first-order valence-corrected chi connectivity index (χ1v) is 10.6. The Morgan fingerprint density at radius 3 is 2.45 bits per heavy atom. The summed E-state index contributed by atoms with van der Waals surface area (Å²) in [5.74, 6) is -1.76. The maximum atomic E-state index is 14.9. The first-order valence-electron chi connectivity index (χ1n) is 10.6. The molecule has 1 aliphatic heterocycles. The van der Waals surface area contributed by atoms with Crippen LogP contribution in [0.5, 0.6) is 5.75 Å². The zero-order valence-corrected chi connectivity index (χ0v) is 19.1. The summed E-state index contributed by atoms with van der Waals surface area (Å²) in [6.45, 7) is 5.76. The number of nitrogens with zero attached hydrogens (tertiary/aromatic N) is 1. The zero-order valence-electron chi connectivity index (χ0n) is 19.1. The molecule has 1 heterocycles. The van der Waals surface area contributed by atoms with Gasteiger partial charge in [-0.25, -0.2) is 13.6 Å². The van der Waals surface area contributed by atoms with Gasteiger partial charge in [0.1, 0.15) is 23.4 Å². The maximum absolute atomic E-state index is 14.9. The molecule has 0 radical (unpaired) electrons. The summed E-state index contributed by atoms with van der Waals surface area (Å²) in [5, 5.41) is 12.1. The highest BCUT2D eigenvalue weighted by atomic mass is 19.1. The van der Waals surface area contributed by atoms with Crippen LogP contribution in [0.1, 0.15) is 43.5 Å². The van der Waals surface area contributed by atoms with Gasteiger partial charge in [0.15, 0.2) is 0 Å². The number of ether oxygens (including phenoxy) is 2. The Kier molecular flexibility index (Phi) is 7.22. The van der Waals surface area contributed by atoms with E-state index in [9.17, 15) is 23.5 Å². The van der Waals surface area contributed by atoms with Crippen molar-refractivity contribution in [3.8, 4) is 5.75 Å². The summed E-state index contributed by atoms with van der Waals surface area (Å²) in [6, 6.07) is 5.92. The molecular weight excluding hydrogens is 434 g/mol. The van der Waals surface area contributed by atoms with Gasteiger partial charge in [0.05, 0.1) is 13.7 Å². The number of halogens is 2. The van der Waals surface area contributed by atoms with Crippen molar-refractivity contribution < 1.29 is 33.0 Å². The van der Waals surface area contributed by atoms with Gasteiger partial charge in [-0.05, 0) is 48.7 Å². The molecule has 2 aromatic carbocycles. The predicted molar refractivity (Wildman–Crippen MR) is 119 cm³/mol. The molecule has 2 aromatic rings. The molecule has 0 saturated carbocycles. The van der Waals surface area contributed by atoms with Gasteiger partial charge in [0, 0.05) is 29.8 Å². The highest BCUT2D eigenvalue weighted by molar-refractivity contribution is 5.97. The monoisotopic (exact) mass is 462 g/mol. The van der Waals surface area contributed by atoms with Crippen LogP contribution in [-0.2, 0) is 21.4 Å². The molecule has 0 fully saturated rings. The molecule has 0 spiro atoms. The normalized spacial score (nSPS) is 15.7. The van der Waals surface area contributed by atoms with E-state index >= 15 is 0 Å². The number of hydrogen-bond acceptors (Lipinski definition) is 4. The average molecular weight is 462 g/mol. The Morgan fingerprint density at radius 1 is 1.21 bits per heavy atom. The van der Waals surface area contributed by atoms with E-state index < -0.39 is 35.1 Å². The molecule has 0 aliphatic carbocycles. The lowest BCUT2D eigenvalue weighted by atomic mass is 9.84. The Balaban J connectivity index is 1.92. The van der Waals surface area contributed by atoms with Crippen molar-refractivity contribution in [2.75, 3.05) is 32.2 Å². The van der Waals surface area contributed by atoms with Gasteiger partial charge in [0.2, 0.25) is 0 Å². The molecule has 1 aliphatic rings. The van der Waals surface area contributed by atoms with Gasteiger partial charge in [-0.15, -0.1) is 0 Å². The number of amides is 2. The minimum Gasteiger partial charge on any atom is -0.497 e. The van der Waals surface area contributed by atoms with E-state index in [4.69, 9.17) is 9.47 Å². The fourth-order valence-corrected chi connectivity index (χ4v) is 4.15. The Morgan fingerprint density at radius 2 is 1.88 bits per heavy atom. The van der Waals surface area contributed by atoms with Crippen molar-refractivity contribution in [2.24, 2.45) is 0 Å². The number of carbonyl (C=O) groups is 2. The van der Waals surface area contributed by atoms with E-state index in [1.165, 1.54) is 7.11 Å². The average Bonchev–Trinajstić information content (AvgIpc) is 2.75. The van der Waals surface area contributed by atoms with Crippen LogP contribution >= 0.6 is 0 Å². The number of carboxylic acid groups (broad SMARTS) is 1. The maximum Gasteiger partial charge on any atom is 0.408 e. The number of carbonyl (C=O) groups excluding carboxylic acids is 1. The van der Waals surface area contributed by atoms with Crippen LogP contribution in [0.2, 0.25) is 0 Å². The molecule has 0 bridgehead atoms. The molecule has 7 nitrogen and oxygen atoms in total. The van der Waals surface area contributed by atoms with Crippen LogP contribution in [-0.4, -0.2) is 48.9 Å². The van der Waals surface area contributed by atoms with Gasteiger partial charge in [0.25, 0.3) is 5.91 Å². The number of fused-ring (bicyclic) bond motifs is 1. The fraction of sp³-hybridized carbons (Fsp3) is 0.417. The zero-order chi connectivity index (χ0) is 24.3. The van der Waals surface area contributed by atoms with Crippen LogP contribution in [0, 0.1) is 11.6 Å². The highest BCUT2D eigenvalue weighted by Crippen LogP contribution is 2.35. The van der Waals surface area contributed by atoms with Crippen molar-refractivity contribution in [3.63, 3.8) is 0 Å². The lowest BCUT2D eigenvalue weighted by Crippen LogP contribution is -2.44. The molecule has 0 saturated heterocycles. The van der Waals surface area contributed by atoms with Gasteiger partial charge in [-0.2, -0.15) is 0 Å². The van der Waals surface area contributed by atoms with Crippen LogP contribution in [0.3, 0.4) is 0 Å². The Bertz CT molecular complexity index is 1030. The molecular formula is C24H28F2N2O5. The number of anilines is 1. The fourth-order valence-electron chi connectivity index (χ4n) is 4.15. The third kappa shape index (κ3) is 5.08. The van der Waals surface area contributed by atoms with Crippen molar-refractivity contribution in [3.05, 3.63) is 58.7 Å². The van der Waals surface area contributed by atoms with Crippen LogP contribution < -0.4 is 10.1 Å². The second kappa shape index (κ2) is 9.74. The number of benzene rings is 2. The highest BCUT2D eigenvalue weighted by Gasteiger charge is 2.37. The molecule has 178 valence electrons. The summed E-state index contributed by atoms with van der Waals surface area (Å²) in [6.07, 6.45) is -0.850. The molecule has 1 atom stereocenters. The van der Waals surface area contributed by atoms with Crippen molar-refractivity contribution in [1.29, 1.82) is 0 Å². The topological polar surface area (TPSA) is 88.1 Å². The van der Waals surface area contributed by atoms with Crippen molar-refractivity contribution in [2.45, 2.75) is 38.6 Å². The van der Waals surface area contributed by atoms with Crippen LogP contribution in [0.25, 0.3) is 0 Å². The summed E-state index contributed by atoms with van der Waals surface area (Å²) in [5.41, 5.74) is 0.108. The Labute approximate surface area is 191 Å². The third-order valence-corrected chi connectivity index (χ3v) is 5.73. The number of nitrogens with one attached hydrogen (secondary N) is 1. The molecule has 0 aromatic heterocycles. The minimum absolute atomic E-state index is 0.0981. The number of rotatable bonds is 7. The molecule has 3 rings (SSSR count). The van der Waals surface area contributed by atoms with E-state index in [0.717, 1.165) is 22.6 Å². The minimum atomic E-state index is -1.26. The molecule has 1 unspecified atom stereocenters. The second-order valence-corrected chi connectivity index (χ2v) is 8.52. The summed E-state index contributed by atoms with van der Waals surface area (Å²) in [7, 11) is 1.51. The third-order valence-electron chi connectivity index (χ3n) is 5.73. The van der Waals surface area contributed by atoms with E-state index in [1.807, 2.05) is 0 Å². The van der Waals surface area contributed by atoms with E-state index in [1.54, 1.807) is 39.0 Å². The first-order chi connectivity index (χ1) is 15.6. The largest absolute Gasteiger partial charge is 0.497 e. The quantitative estimate of drug-likeness (QED) is 0.633. The lowest BCUT2D eigenvalue weighted by Gasteiger charge is -2.34. The second-order valence-electron chi connectivity index (χ2n) is 8.52. The number of hydrogen-bond donors (Lipinski definition) is 2. The predicted octanol–water partition coefficient (Wildman–Crippen LogP) is 4.50. The molecule has 2 amide bonds. The molecule has 2 N–H and O–H groups in total. The first kappa shape index (κ1) is 24.4. The van der Waals surface area contributed by atoms with Gasteiger partial charge in [-0.3, -0.25) is 9.69 Å². The van der Waals surface area contributed by atoms with Crippen LogP contribution in [0.4, 0.5) is 19.3 Å². The van der Waals surface area contributed by atoms with Gasteiger partial charge in [-0.1, -0.05) is 19.9 Å². The molecule has 9 heteroatoms. The van der Waals surface area contributed by atoms with Crippen molar-refractivity contribution in [1.82, 2.24) is 4.90 Å². The SMILES string of the molecule is CCOCC(C)(C)c1c(F)cc(NC(=O)C2c3ccc(OC)cc3CCN2C(=O)O)cc1F. The summed E-state index contributed by atoms with van der Waals surface area (Å²) < 4.78 is 40.3. The number of methoxy groups -OCH3 is 1. The molecule has 33 heavy (non-hydrogen) atoms. The van der Waals surface area contributed by atoms with E-state index in [-0.39, 0.29) is 24.4 Å².